The highest BCUT2D eigenvalue weighted by atomic mass is 19.1. The molecular weight excluding hydrogens is 405 g/mol. The van der Waals surface area contributed by atoms with Gasteiger partial charge in [-0.05, 0) is 43.2 Å². The topological polar surface area (TPSA) is 58.2 Å². The molecule has 2 aromatic heterocycles. The van der Waals surface area contributed by atoms with Crippen LogP contribution in [-0.4, -0.2) is 39.4 Å². The van der Waals surface area contributed by atoms with Crippen LogP contribution < -0.4 is 10.2 Å². The average molecular weight is 442 g/mol. The summed E-state index contributed by atoms with van der Waals surface area (Å²) < 4.78 is 17.9. The van der Waals surface area contributed by atoms with E-state index in [0.717, 1.165) is 55.8 Å². The highest BCUT2D eigenvalue weighted by molar-refractivity contribution is 5.72. The van der Waals surface area contributed by atoms with E-state index in [2.05, 4.69) is 34.9 Å². The van der Waals surface area contributed by atoms with Crippen LogP contribution in [0.2, 0.25) is 0 Å². The zero-order valence-corrected chi connectivity index (χ0v) is 19.7. The lowest BCUT2D eigenvalue weighted by Crippen LogP contribution is -2.18. The molecule has 1 fully saturated rings. The molecule has 3 aromatic rings. The summed E-state index contributed by atoms with van der Waals surface area (Å²) in [4.78, 5) is 6.60. The van der Waals surface area contributed by atoms with E-state index in [-0.39, 0.29) is 5.82 Å². The van der Waals surface area contributed by atoms with Gasteiger partial charge in [0, 0.05) is 39.1 Å². The number of imidazole rings is 1. The number of hydrogen-bond acceptors (Lipinski definition) is 4. The van der Waals surface area contributed by atoms with E-state index in [9.17, 15) is 4.39 Å². The lowest BCUT2D eigenvalue weighted by atomic mass is 10.2. The second-order valence-electron chi connectivity index (χ2n) is 6.64. The third-order valence-electron chi connectivity index (χ3n) is 4.75. The van der Waals surface area contributed by atoms with Crippen LogP contribution in [0.4, 0.5) is 15.9 Å². The van der Waals surface area contributed by atoms with Crippen molar-refractivity contribution in [3.63, 3.8) is 0 Å². The quantitative estimate of drug-likeness (QED) is 0.516. The largest absolute Gasteiger partial charge is 0.400 e. The SMILES string of the molecule is C=C.C=C(Nc1cn(-c2cc(F)cc(N3CCCC3)c2)cn1)c1cccn1C.CC.CO. The number of aryl methyl sites for hydroxylation is 1. The predicted octanol–water partition coefficient (Wildman–Crippen LogP) is 5.47. The van der Waals surface area contributed by atoms with Gasteiger partial charge in [-0.15, -0.1) is 13.2 Å². The summed E-state index contributed by atoms with van der Waals surface area (Å²) >= 11 is 0. The number of aliphatic hydroxyl groups is 1. The molecule has 7 heteroatoms. The highest BCUT2D eigenvalue weighted by Crippen LogP contribution is 2.25. The van der Waals surface area contributed by atoms with Crippen molar-refractivity contribution in [2.75, 3.05) is 30.4 Å². The van der Waals surface area contributed by atoms with Gasteiger partial charge in [0.1, 0.15) is 18.0 Å². The van der Waals surface area contributed by atoms with Gasteiger partial charge in [0.2, 0.25) is 0 Å². The van der Waals surface area contributed by atoms with Crippen LogP contribution in [0.5, 0.6) is 0 Å². The standard InChI is InChI=1S/C20H22FN5.C2H6.C2H4.CH4O/c1-15(19-6-5-7-24(19)2)23-20-13-26(14-22-20)18-11-16(21)10-17(12-18)25-8-3-4-9-25;3*1-2/h5-7,10-14,23H,1,3-4,8-9H2,2H3;1-2H3;1-2H2;2H,1H3. The van der Waals surface area contributed by atoms with Gasteiger partial charge in [0.25, 0.3) is 0 Å². The number of halogens is 1. The molecule has 2 N–H and O–H groups in total. The molecule has 32 heavy (non-hydrogen) atoms. The summed E-state index contributed by atoms with van der Waals surface area (Å²) in [6.07, 6.45) is 7.81. The Kier molecular flexibility index (Phi) is 11.6. The fourth-order valence-corrected chi connectivity index (χ4v) is 3.39. The minimum Gasteiger partial charge on any atom is -0.400 e. The van der Waals surface area contributed by atoms with Crippen LogP contribution in [0, 0.1) is 5.82 Å². The minimum absolute atomic E-state index is 0.235. The molecule has 1 aliphatic heterocycles. The lowest BCUT2D eigenvalue weighted by molar-refractivity contribution is 0.399. The van der Waals surface area contributed by atoms with Gasteiger partial charge in [-0.1, -0.05) is 20.4 Å². The number of anilines is 2. The smallest absolute Gasteiger partial charge is 0.149 e. The van der Waals surface area contributed by atoms with Crippen molar-refractivity contribution in [2.24, 2.45) is 7.05 Å². The van der Waals surface area contributed by atoms with E-state index in [0.29, 0.717) is 5.82 Å². The molecule has 1 saturated heterocycles. The third-order valence-corrected chi connectivity index (χ3v) is 4.75. The molecular formula is C25H36FN5O. The first kappa shape index (κ1) is 26.7. The van der Waals surface area contributed by atoms with Crippen molar-refractivity contribution in [2.45, 2.75) is 26.7 Å². The average Bonchev–Trinajstić information content (AvgIpc) is 3.60. The van der Waals surface area contributed by atoms with Crippen molar-refractivity contribution >= 4 is 17.2 Å². The Morgan fingerprint density at radius 1 is 1.09 bits per heavy atom. The Morgan fingerprint density at radius 2 is 1.72 bits per heavy atom. The van der Waals surface area contributed by atoms with E-state index < -0.39 is 0 Å². The molecule has 0 saturated carbocycles. The highest BCUT2D eigenvalue weighted by Gasteiger charge is 2.15. The molecule has 1 aliphatic rings. The molecule has 0 aliphatic carbocycles. The van der Waals surface area contributed by atoms with Gasteiger partial charge in [-0.3, -0.25) is 0 Å². The van der Waals surface area contributed by atoms with Gasteiger partial charge in [-0.2, -0.15) is 0 Å². The minimum atomic E-state index is -0.235. The monoisotopic (exact) mass is 441 g/mol. The van der Waals surface area contributed by atoms with Crippen LogP contribution in [0.25, 0.3) is 11.4 Å². The van der Waals surface area contributed by atoms with Crippen molar-refractivity contribution in [3.05, 3.63) is 80.3 Å². The van der Waals surface area contributed by atoms with Crippen LogP contribution in [0.3, 0.4) is 0 Å². The van der Waals surface area contributed by atoms with E-state index in [1.165, 1.54) is 6.07 Å². The molecule has 6 nitrogen and oxygen atoms in total. The lowest BCUT2D eigenvalue weighted by Gasteiger charge is -2.18. The number of hydrogen-bond donors (Lipinski definition) is 2. The van der Waals surface area contributed by atoms with E-state index in [1.807, 2.05) is 60.6 Å². The fourth-order valence-electron chi connectivity index (χ4n) is 3.39. The van der Waals surface area contributed by atoms with E-state index in [4.69, 9.17) is 5.11 Å². The van der Waals surface area contributed by atoms with Crippen molar-refractivity contribution in [1.29, 1.82) is 0 Å². The van der Waals surface area contributed by atoms with Crippen molar-refractivity contribution in [1.82, 2.24) is 14.1 Å². The molecule has 0 unspecified atom stereocenters. The molecule has 4 rings (SSSR count). The van der Waals surface area contributed by atoms with Gasteiger partial charge in [0.05, 0.1) is 23.3 Å². The summed E-state index contributed by atoms with van der Waals surface area (Å²) in [6.45, 7) is 16.0. The Balaban J connectivity index is 0.000000789. The van der Waals surface area contributed by atoms with Gasteiger partial charge < -0.3 is 24.5 Å². The molecule has 0 spiro atoms. The van der Waals surface area contributed by atoms with Gasteiger partial charge in [0.15, 0.2) is 0 Å². The Hall–Kier alpha value is -3.32. The van der Waals surface area contributed by atoms with Crippen LogP contribution in [-0.2, 0) is 7.05 Å². The maximum Gasteiger partial charge on any atom is 0.149 e. The summed E-state index contributed by atoms with van der Waals surface area (Å²) in [5, 5.41) is 10.2. The first-order chi connectivity index (χ1) is 15.6. The van der Waals surface area contributed by atoms with Crippen LogP contribution in [0.15, 0.2) is 68.8 Å². The zero-order chi connectivity index (χ0) is 24.1. The Bertz CT molecular complexity index is 957. The third kappa shape index (κ3) is 6.85. The van der Waals surface area contributed by atoms with Gasteiger partial charge in [-0.25, -0.2) is 9.37 Å². The first-order valence-corrected chi connectivity index (χ1v) is 10.7. The normalized spacial score (nSPS) is 11.9. The second-order valence-corrected chi connectivity index (χ2v) is 6.64. The summed E-state index contributed by atoms with van der Waals surface area (Å²) in [5.41, 5.74) is 3.44. The summed E-state index contributed by atoms with van der Waals surface area (Å²) in [5.74, 6) is 0.434. The van der Waals surface area contributed by atoms with Crippen LogP contribution >= 0.6 is 0 Å². The van der Waals surface area contributed by atoms with Crippen molar-refractivity contribution in [3.8, 4) is 5.69 Å². The summed E-state index contributed by atoms with van der Waals surface area (Å²) in [6, 6.07) is 9.08. The number of benzene rings is 1. The molecule has 3 heterocycles. The Morgan fingerprint density at radius 3 is 2.31 bits per heavy atom. The maximum absolute atomic E-state index is 14.1. The van der Waals surface area contributed by atoms with E-state index in [1.54, 1.807) is 12.4 Å². The molecule has 174 valence electrons. The number of nitrogens with zero attached hydrogens (tertiary/aromatic N) is 4. The van der Waals surface area contributed by atoms with Crippen molar-refractivity contribution < 1.29 is 9.50 Å². The predicted molar refractivity (Wildman–Crippen MR) is 134 cm³/mol. The number of nitrogens with one attached hydrogen (secondary N) is 1. The number of rotatable bonds is 5. The fraction of sp³-hybridized carbons (Fsp3) is 0.320. The summed E-state index contributed by atoms with van der Waals surface area (Å²) in [7, 11) is 2.97. The molecule has 0 atom stereocenters. The molecule has 1 aromatic carbocycles. The number of aromatic nitrogens is 3. The first-order valence-electron chi connectivity index (χ1n) is 10.7. The van der Waals surface area contributed by atoms with E-state index >= 15 is 0 Å². The van der Waals surface area contributed by atoms with Crippen LogP contribution in [0.1, 0.15) is 32.4 Å². The second kappa shape index (κ2) is 13.9. The molecule has 0 bridgehead atoms. The van der Waals surface area contributed by atoms with Gasteiger partial charge >= 0.3 is 0 Å². The zero-order valence-electron chi connectivity index (χ0n) is 19.7. The number of aliphatic hydroxyl groups excluding tert-OH is 1. The molecule has 0 amide bonds. The Labute approximate surface area is 191 Å². The maximum atomic E-state index is 14.1. The molecule has 0 radical (unpaired) electrons.